The number of nitrogens with one attached hydrogen (secondary N) is 2. The molecule has 11 nitrogen and oxygen atoms in total. The molecular weight excluding hydrogens is 663 g/mol. The molecule has 3 aromatic rings. The predicted octanol–water partition coefficient (Wildman–Crippen LogP) is 5.61. The zero-order valence-electron chi connectivity index (χ0n) is 28.8. The third-order valence-corrected chi connectivity index (χ3v) is 10.7. The number of piperidine rings is 3. The highest BCUT2D eigenvalue weighted by Gasteiger charge is 2.39. The second kappa shape index (κ2) is 16.5. The van der Waals surface area contributed by atoms with Crippen molar-refractivity contribution in [2.24, 2.45) is 17.6 Å². The van der Waals surface area contributed by atoms with Gasteiger partial charge in [0.1, 0.15) is 28.6 Å². The van der Waals surface area contributed by atoms with Gasteiger partial charge >= 0.3 is 12.1 Å². The number of ether oxygens (including phenoxy) is 1. The summed E-state index contributed by atoms with van der Waals surface area (Å²) in [6.45, 7) is 9.31. The van der Waals surface area contributed by atoms with Crippen molar-refractivity contribution in [1.29, 1.82) is 0 Å². The molecule has 5 N–H and O–H groups in total. The topological polar surface area (TPSA) is 138 Å². The van der Waals surface area contributed by atoms with Crippen LogP contribution in [0.15, 0.2) is 54.6 Å². The molecule has 0 saturated carbocycles. The molecule has 0 radical (unpaired) electrons. The lowest BCUT2D eigenvalue weighted by molar-refractivity contribution is -0.192. The fourth-order valence-electron chi connectivity index (χ4n) is 8.05. The SMILES string of the molecule is NC(=O)c1c(-c2ccc(Oc3ccccc3)cc2)nn2c1NCC[C@H]2C1CCN(C2CCN(CC3CCNCC3)CC2)CC1.O=C(O)C(F)(F)F. The van der Waals surface area contributed by atoms with E-state index in [0.717, 1.165) is 60.9 Å². The molecule has 1 amide bonds. The summed E-state index contributed by atoms with van der Waals surface area (Å²) in [4.78, 5) is 27.2. The first-order valence-electron chi connectivity index (χ1n) is 18.0. The highest BCUT2D eigenvalue weighted by Crippen LogP contribution is 2.41. The largest absolute Gasteiger partial charge is 0.490 e. The minimum atomic E-state index is -5.08. The Kier molecular flexibility index (Phi) is 11.8. The van der Waals surface area contributed by atoms with Crippen molar-refractivity contribution < 1.29 is 32.6 Å². The summed E-state index contributed by atoms with van der Waals surface area (Å²) in [5, 5.41) is 19.2. The average Bonchev–Trinajstić information content (AvgIpc) is 3.54. The Morgan fingerprint density at radius 2 is 1.49 bits per heavy atom. The van der Waals surface area contributed by atoms with Crippen LogP contribution in [0.3, 0.4) is 0 Å². The maximum atomic E-state index is 12.8. The van der Waals surface area contributed by atoms with E-state index in [1.165, 1.54) is 71.2 Å². The minimum absolute atomic E-state index is 0.271. The number of alkyl halides is 3. The summed E-state index contributed by atoms with van der Waals surface area (Å²) >= 11 is 0. The molecule has 2 aromatic carbocycles. The number of fused-ring (bicyclic) bond motifs is 1. The Balaban J connectivity index is 0.000000582. The van der Waals surface area contributed by atoms with E-state index >= 15 is 0 Å². The van der Waals surface area contributed by atoms with E-state index in [-0.39, 0.29) is 6.04 Å². The smallest absolute Gasteiger partial charge is 0.475 e. The third-order valence-electron chi connectivity index (χ3n) is 10.7. The quantitative estimate of drug-likeness (QED) is 0.235. The maximum absolute atomic E-state index is 12.8. The van der Waals surface area contributed by atoms with Crippen molar-refractivity contribution in [2.45, 2.75) is 63.2 Å². The van der Waals surface area contributed by atoms with E-state index in [2.05, 4.69) is 25.1 Å². The number of carboxylic acids is 1. The van der Waals surface area contributed by atoms with Crippen LogP contribution in [0.1, 0.15) is 61.3 Å². The summed E-state index contributed by atoms with van der Waals surface area (Å²) < 4.78 is 39.8. The highest BCUT2D eigenvalue weighted by molar-refractivity contribution is 6.03. The van der Waals surface area contributed by atoms with E-state index in [1.54, 1.807) is 0 Å². The van der Waals surface area contributed by atoms with Gasteiger partial charge in [0.15, 0.2) is 0 Å². The number of para-hydroxylation sites is 1. The van der Waals surface area contributed by atoms with Crippen molar-refractivity contribution in [3.63, 3.8) is 0 Å². The number of carbonyl (C=O) groups excluding carboxylic acids is 1. The van der Waals surface area contributed by atoms with Crippen LogP contribution >= 0.6 is 0 Å². The molecular formula is C37H48F3N7O4. The Morgan fingerprint density at radius 1 is 0.863 bits per heavy atom. The molecule has 0 aliphatic carbocycles. The number of nitrogens with two attached hydrogens (primary N) is 1. The van der Waals surface area contributed by atoms with E-state index in [1.807, 2.05) is 54.6 Å². The number of hydrogen-bond donors (Lipinski definition) is 4. The zero-order valence-corrected chi connectivity index (χ0v) is 28.8. The van der Waals surface area contributed by atoms with Crippen molar-refractivity contribution in [2.75, 3.05) is 57.7 Å². The van der Waals surface area contributed by atoms with Gasteiger partial charge < -0.3 is 36.0 Å². The number of rotatable bonds is 8. The van der Waals surface area contributed by atoms with Crippen LogP contribution in [-0.2, 0) is 4.79 Å². The predicted molar refractivity (Wildman–Crippen MR) is 188 cm³/mol. The number of amides is 1. The number of carboxylic acid groups (broad SMARTS) is 1. The molecule has 0 bridgehead atoms. The summed E-state index contributed by atoms with van der Waals surface area (Å²) in [6.07, 6.45) is 3.54. The number of carbonyl (C=O) groups is 2. The molecule has 4 aliphatic rings. The maximum Gasteiger partial charge on any atom is 0.490 e. The summed E-state index contributed by atoms with van der Waals surface area (Å²) in [5.74, 6) is 0.516. The minimum Gasteiger partial charge on any atom is -0.475 e. The second-order valence-electron chi connectivity index (χ2n) is 14.0. The van der Waals surface area contributed by atoms with E-state index in [9.17, 15) is 18.0 Å². The van der Waals surface area contributed by atoms with Gasteiger partial charge in [-0.1, -0.05) is 18.2 Å². The molecule has 1 aromatic heterocycles. The van der Waals surface area contributed by atoms with Gasteiger partial charge in [0, 0.05) is 24.7 Å². The number of nitrogens with zero attached hydrogens (tertiary/aromatic N) is 4. The molecule has 4 aliphatic heterocycles. The van der Waals surface area contributed by atoms with Crippen LogP contribution < -0.4 is 21.1 Å². The van der Waals surface area contributed by atoms with Crippen molar-refractivity contribution in [1.82, 2.24) is 24.9 Å². The van der Waals surface area contributed by atoms with Gasteiger partial charge in [-0.05, 0) is 132 Å². The van der Waals surface area contributed by atoms with Crippen molar-refractivity contribution in [3.05, 3.63) is 60.2 Å². The van der Waals surface area contributed by atoms with E-state index in [4.69, 9.17) is 25.5 Å². The number of likely N-dealkylation sites (tertiary alicyclic amines) is 2. The zero-order chi connectivity index (χ0) is 36.0. The van der Waals surface area contributed by atoms with Gasteiger partial charge in [0.2, 0.25) is 0 Å². The number of halogens is 3. The van der Waals surface area contributed by atoms with Crippen LogP contribution in [0.4, 0.5) is 19.0 Å². The lowest BCUT2D eigenvalue weighted by Crippen LogP contribution is -2.49. The molecule has 3 fully saturated rings. The van der Waals surface area contributed by atoms with Gasteiger partial charge in [0.25, 0.3) is 5.91 Å². The van der Waals surface area contributed by atoms with E-state index < -0.39 is 18.1 Å². The molecule has 7 rings (SSSR count). The Hall–Kier alpha value is -4.14. The number of aromatic nitrogens is 2. The Labute approximate surface area is 296 Å². The van der Waals surface area contributed by atoms with Gasteiger partial charge in [-0.3, -0.25) is 4.79 Å². The second-order valence-corrected chi connectivity index (χ2v) is 14.0. The van der Waals surface area contributed by atoms with Crippen LogP contribution in [0.2, 0.25) is 0 Å². The number of benzene rings is 2. The summed E-state index contributed by atoms with van der Waals surface area (Å²) in [5.41, 5.74) is 7.96. The number of primary amides is 1. The van der Waals surface area contributed by atoms with Gasteiger partial charge in [-0.15, -0.1) is 0 Å². The lowest BCUT2D eigenvalue weighted by atomic mass is 9.85. The van der Waals surface area contributed by atoms with Crippen LogP contribution in [-0.4, -0.2) is 101 Å². The van der Waals surface area contributed by atoms with Gasteiger partial charge in [0.05, 0.1) is 6.04 Å². The molecule has 14 heteroatoms. The third kappa shape index (κ3) is 9.21. The normalized spacial score (nSPS) is 21.2. The monoisotopic (exact) mass is 711 g/mol. The number of anilines is 1. The fourth-order valence-corrected chi connectivity index (χ4v) is 8.05. The fraction of sp³-hybridized carbons (Fsp3) is 0.541. The van der Waals surface area contributed by atoms with Gasteiger partial charge in [-0.25, -0.2) is 9.48 Å². The van der Waals surface area contributed by atoms with Gasteiger partial charge in [-0.2, -0.15) is 18.3 Å². The lowest BCUT2D eigenvalue weighted by Gasteiger charge is -2.44. The molecule has 1 atom stereocenters. The first-order chi connectivity index (χ1) is 24.6. The van der Waals surface area contributed by atoms with Crippen molar-refractivity contribution in [3.8, 4) is 22.8 Å². The summed E-state index contributed by atoms with van der Waals surface area (Å²) in [7, 11) is 0. The Bertz CT molecular complexity index is 1600. The molecule has 51 heavy (non-hydrogen) atoms. The summed E-state index contributed by atoms with van der Waals surface area (Å²) in [6, 6.07) is 18.5. The average molecular weight is 712 g/mol. The molecule has 0 spiro atoms. The van der Waals surface area contributed by atoms with E-state index in [0.29, 0.717) is 17.2 Å². The van der Waals surface area contributed by atoms with Crippen LogP contribution in [0.5, 0.6) is 11.5 Å². The first kappa shape index (κ1) is 36.6. The Morgan fingerprint density at radius 3 is 2.10 bits per heavy atom. The molecule has 3 saturated heterocycles. The van der Waals surface area contributed by atoms with Crippen molar-refractivity contribution >= 4 is 17.7 Å². The van der Waals surface area contributed by atoms with Crippen LogP contribution in [0.25, 0.3) is 11.3 Å². The van der Waals surface area contributed by atoms with Crippen LogP contribution in [0, 0.1) is 11.8 Å². The number of hydrogen-bond acceptors (Lipinski definition) is 8. The highest BCUT2D eigenvalue weighted by atomic mass is 19.4. The molecule has 5 heterocycles. The standard InChI is InChI=1S/C35H47N7O2.C2HF3O2/c36-34(43)32-33(27-6-8-30(9-7-27)44-29-4-2-1-3-5-29)39-42-31(12-19-38-35(32)42)26-13-22-41(23-14-26)28-15-20-40(21-16-28)24-25-10-17-37-18-11-25;3-2(4,5)1(6)7/h1-9,25-26,28,31,37-38H,10-24H2,(H2,36,43);(H,6,7)/t31-;/m0./s1. The molecule has 276 valence electrons. The first-order valence-corrected chi connectivity index (χ1v) is 18.0. The number of aliphatic carboxylic acids is 1. The molecule has 0 unspecified atom stereocenters.